The van der Waals surface area contributed by atoms with Crippen LogP contribution in [0.3, 0.4) is 0 Å². The van der Waals surface area contributed by atoms with Crippen LogP contribution in [-0.4, -0.2) is 82.3 Å². The first kappa shape index (κ1) is 84.5. The van der Waals surface area contributed by atoms with Crippen LogP contribution in [0, 0.1) is 0 Å². The first-order chi connectivity index (χ1) is 42.6. The number of unbranched alkanes of at least 4 members (excludes halogenated alkanes) is 51. The van der Waals surface area contributed by atoms with Gasteiger partial charge in [-0.2, -0.15) is 0 Å². The maximum atomic E-state index is 13.0. The molecule has 0 aliphatic carbocycles. The topological polar surface area (TPSA) is 111 Å². The number of nitrogens with zero attached hydrogens (tertiary/aromatic N) is 1. The average molecular weight is 1230 g/mol. The zero-order chi connectivity index (χ0) is 63.3. The maximum Gasteiger partial charge on any atom is 0.306 e. The largest absolute Gasteiger partial charge is 0.545 e. The molecule has 0 heterocycles. The number of hydrogen-bond donors (Lipinski definition) is 0. The molecule has 87 heavy (non-hydrogen) atoms. The molecule has 9 heteroatoms. The van der Waals surface area contributed by atoms with Gasteiger partial charge in [-0.05, 0) is 51.4 Å². The van der Waals surface area contributed by atoms with Crippen LogP contribution >= 0.6 is 0 Å². The van der Waals surface area contributed by atoms with Gasteiger partial charge in [0, 0.05) is 12.8 Å². The Kier molecular flexibility index (Phi) is 67.4. The molecule has 0 saturated carbocycles. The normalized spacial score (nSPS) is 12.8. The van der Waals surface area contributed by atoms with Crippen LogP contribution in [0.25, 0.3) is 0 Å². The zero-order valence-corrected chi connectivity index (χ0v) is 58.7. The highest BCUT2D eigenvalue weighted by atomic mass is 16.7. The van der Waals surface area contributed by atoms with Crippen molar-refractivity contribution < 1.29 is 42.9 Å². The molecular weight excluding hydrogens is 1080 g/mol. The van der Waals surface area contributed by atoms with E-state index in [0.717, 1.165) is 51.4 Å². The minimum absolute atomic E-state index is 0.151. The van der Waals surface area contributed by atoms with Crippen LogP contribution in [0.4, 0.5) is 0 Å². The molecule has 0 aliphatic heterocycles. The molecule has 0 bridgehead atoms. The first-order valence-corrected chi connectivity index (χ1v) is 38.1. The summed E-state index contributed by atoms with van der Waals surface area (Å²) in [5.41, 5.74) is 0. The molecule has 0 aromatic carbocycles. The van der Waals surface area contributed by atoms with Crippen molar-refractivity contribution in [2.45, 2.75) is 399 Å². The van der Waals surface area contributed by atoms with Crippen LogP contribution in [0.15, 0.2) is 36.5 Å². The molecule has 0 saturated heterocycles. The molecule has 0 radical (unpaired) electrons. The molecule has 2 atom stereocenters. The van der Waals surface area contributed by atoms with E-state index >= 15 is 0 Å². The van der Waals surface area contributed by atoms with E-state index in [0.29, 0.717) is 17.4 Å². The summed E-state index contributed by atoms with van der Waals surface area (Å²) in [5, 5.41) is 11.8. The van der Waals surface area contributed by atoms with Crippen molar-refractivity contribution in [3.05, 3.63) is 36.5 Å². The Balaban J connectivity index is 3.99. The van der Waals surface area contributed by atoms with Crippen molar-refractivity contribution in [3.8, 4) is 0 Å². The summed E-state index contributed by atoms with van der Waals surface area (Å²) < 4.78 is 22.9. The van der Waals surface area contributed by atoms with E-state index in [-0.39, 0.29) is 32.2 Å². The summed E-state index contributed by atoms with van der Waals surface area (Å²) >= 11 is 0. The minimum atomic E-state index is -1.62. The highest BCUT2D eigenvalue weighted by molar-refractivity contribution is 5.70. The molecule has 0 spiro atoms. The number of carbonyl (C=O) groups is 3. The second-order valence-corrected chi connectivity index (χ2v) is 27.3. The van der Waals surface area contributed by atoms with E-state index in [9.17, 15) is 19.5 Å². The molecule has 0 aromatic heterocycles. The fourth-order valence-corrected chi connectivity index (χ4v) is 11.6. The van der Waals surface area contributed by atoms with E-state index < -0.39 is 24.3 Å². The lowest BCUT2D eigenvalue weighted by Gasteiger charge is -2.26. The highest BCUT2D eigenvalue weighted by Crippen LogP contribution is 2.19. The molecule has 0 amide bonds. The third-order valence-electron chi connectivity index (χ3n) is 17.4. The number of carboxylic acids is 1. The molecule has 0 aliphatic rings. The summed E-state index contributed by atoms with van der Waals surface area (Å²) in [4.78, 5) is 37.5. The standard InChI is InChI=1S/C78H147NO8/c1-6-8-10-12-14-16-18-20-22-24-26-28-30-32-33-34-35-36-37-38-39-40-41-42-43-45-47-49-51-53-55-57-59-61-63-65-67-69-76(81)87-74(73-86-78(77(82)83)84-71-70-79(3,4)5)72-85-75(80)68-66-64-62-60-58-56-54-52-50-48-46-44-31-29-27-25-23-21-19-17-15-13-11-9-7-2/h18,20,24,26,30,32,74,78H,6-17,19,21-23,25,27-29,31,33-73H2,1-5H3/b20-18-,26-24-,32-30-. The van der Waals surface area contributed by atoms with Crippen LogP contribution in [0.1, 0.15) is 386 Å². The van der Waals surface area contributed by atoms with Crippen LogP contribution in [-0.2, 0) is 33.3 Å². The second-order valence-electron chi connectivity index (χ2n) is 27.3. The quantitative estimate of drug-likeness (QED) is 0.0195. The Labute approximate surface area is 540 Å². The minimum Gasteiger partial charge on any atom is -0.545 e. The monoisotopic (exact) mass is 1230 g/mol. The fraction of sp³-hybridized carbons (Fsp3) is 0.885. The van der Waals surface area contributed by atoms with E-state index in [1.54, 1.807) is 0 Å². The van der Waals surface area contributed by atoms with Gasteiger partial charge in [-0.15, -0.1) is 0 Å². The van der Waals surface area contributed by atoms with Gasteiger partial charge in [0.25, 0.3) is 0 Å². The molecule has 9 nitrogen and oxygen atoms in total. The lowest BCUT2D eigenvalue weighted by molar-refractivity contribution is -0.870. The fourth-order valence-electron chi connectivity index (χ4n) is 11.6. The van der Waals surface area contributed by atoms with E-state index in [1.807, 2.05) is 21.1 Å². The van der Waals surface area contributed by atoms with Gasteiger partial charge >= 0.3 is 11.9 Å². The number of rotatable bonds is 72. The Morgan fingerprint density at radius 3 is 0.920 bits per heavy atom. The molecule has 0 fully saturated rings. The number of quaternary nitrogens is 1. The average Bonchev–Trinajstić information content (AvgIpc) is 3.57. The van der Waals surface area contributed by atoms with Gasteiger partial charge in [-0.1, -0.05) is 359 Å². The predicted octanol–water partition coefficient (Wildman–Crippen LogP) is 22.6. The predicted molar refractivity (Wildman–Crippen MR) is 371 cm³/mol. The maximum absolute atomic E-state index is 13.0. The van der Waals surface area contributed by atoms with E-state index in [2.05, 4.69) is 50.3 Å². The Morgan fingerprint density at radius 2 is 0.621 bits per heavy atom. The summed E-state index contributed by atoms with van der Waals surface area (Å²) in [6.07, 6.45) is 85.4. The number of carboxylic acid groups (broad SMARTS) is 1. The summed E-state index contributed by atoms with van der Waals surface area (Å²) in [5.74, 6) is -2.25. The molecule has 512 valence electrons. The van der Waals surface area contributed by atoms with Gasteiger partial charge in [0.15, 0.2) is 12.4 Å². The number of carbonyl (C=O) groups excluding carboxylic acids is 3. The van der Waals surface area contributed by atoms with Crippen molar-refractivity contribution in [2.75, 3.05) is 47.5 Å². The molecule has 0 aromatic rings. The van der Waals surface area contributed by atoms with Gasteiger partial charge in [0.1, 0.15) is 13.2 Å². The van der Waals surface area contributed by atoms with Crippen molar-refractivity contribution in [3.63, 3.8) is 0 Å². The Hall–Kier alpha value is -2.49. The van der Waals surface area contributed by atoms with E-state index in [1.165, 1.54) is 308 Å². The van der Waals surface area contributed by atoms with Crippen molar-refractivity contribution >= 4 is 17.9 Å². The second kappa shape index (κ2) is 69.4. The lowest BCUT2D eigenvalue weighted by Crippen LogP contribution is -2.44. The smallest absolute Gasteiger partial charge is 0.306 e. The SMILES string of the molecule is CCCCCCC/C=C\C/C=C\C/C=C\CCCCCCCCCCCCCCCCCCCCCCCCC(=O)OC(COC(=O)CCCCCCCCCCCCCCCCCCCCCCCCCCC)COC(OCC[N+](C)(C)C)C(=O)[O-]. The Morgan fingerprint density at radius 1 is 0.345 bits per heavy atom. The van der Waals surface area contributed by atoms with E-state index in [4.69, 9.17) is 18.9 Å². The lowest BCUT2D eigenvalue weighted by atomic mass is 10.0. The zero-order valence-electron chi connectivity index (χ0n) is 58.7. The van der Waals surface area contributed by atoms with Crippen molar-refractivity contribution in [1.29, 1.82) is 0 Å². The van der Waals surface area contributed by atoms with Crippen molar-refractivity contribution in [2.24, 2.45) is 0 Å². The number of aliphatic carboxylic acids is 1. The third-order valence-corrected chi connectivity index (χ3v) is 17.4. The summed E-state index contributed by atoms with van der Waals surface area (Å²) in [6, 6.07) is 0. The van der Waals surface area contributed by atoms with Crippen LogP contribution in [0.5, 0.6) is 0 Å². The first-order valence-electron chi connectivity index (χ1n) is 38.1. The number of hydrogen-bond acceptors (Lipinski definition) is 8. The van der Waals surface area contributed by atoms with Gasteiger partial charge < -0.3 is 33.3 Å². The number of esters is 2. The van der Waals surface area contributed by atoms with Crippen LogP contribution in [0.2, 0.25) is 0 Å². The third kappa shape index (κ3) is 70.8. The highest BCUT2D eigenvalue weighted by Gasteiger charge is 2.22. The van der Waals surface area contributed by atoms with Gasteiger partial charge in [-0.3, -0.25) is 9.59 Å². The number of allylic oxidation sites excluding steroid dienone is 6. The van der Waals surface area contributed by atoms with Gasteiger partial charge in [0.05, 0.1) is 40.3 Å². The molecular formula is C78H147NO8. The number of ether oxygens (including phenoxy) is 4. The summed E-state index contributed by atoms with van der Waals surface area (Å²) in [7, 11) is 5.95. The van der Waals surface area contributed by atoms with Gasteiger partial charge in [-0.25, -0.2) is 0 Å². The summed E-state index contributed by atoms with van der Waals surface area (Å²) in [6.45, 7) is 4.82. The van der Waals surface area contributed by atoms with Crippen LogP contribution < -0.4 is 5.11 Å². The number of likely N-dealkylation sites (N-methyl/N-ethyl adjacent to an activating group) is 1. The van der Waals surface area contributed by atoms with Gasteiger partial charge in [0.2, 0.25) is 0 Å². The van der Waals surface area contributed by atoms with Crippen molar-refractivity contribution in [1.82, 2.24) is 0 Å². The molecule has 0 N–H and O–H groups in total. The molecule has 2 unspecified atom stereocenters. The Bertz CT molecular complexity index is 1520. The molecule has 0 rings (SSSR count).